The Bertz CT molecular complexity index is 5260. The van der Waals surface area contributed by atoms with Gasteiger partial charge in [0.15, 0.2) is 24.7 Å². The van der Waals surface area contributed by atoms with Gasteiger partial charge in [-0.3, -0.25) is 72.4 Å². The number of methoxy groups -OCH3 is 5. The van der Waals surface area contributed by atoms with E-state index in [-0.39, 0.29) is 170 Å². The summed E-state index contributed by atoms with van der Waals surface area (Å²) in [5.41, 5.74) is 1.24. The molecule has 144 heavy (non-hydrogen) atoms. The van der Waals surface area contributed by atoms with Crippen LogP contribution in [0.4, 0.5) is 10.5 Å². The molecule has 48 heteroatoms. The molecular weight excluding hydrogens is 1910 g/mol. The Kier molecular flexibility index (Phi) is 46.5. The fourth-order valence-electron chi connectivity index (χ4n) is 15.4. The Morgan fingerprint density at radius 2 is 0.972 bits per heavy atom. The van der Waals surface area contributed by atoms with E-state index in [1.807, 2.05) is 11.8 Å². The number of urea groups is 1. The number of hydrogen-bond donors (Lipinski definition) is 12. The molecule has 0 bridgehead atoms. The highest BCUT2D eigenvalue weighted by Crippen LogP contribution is 2.40. The minimum atomic E-state index is -1.38. The van der Waals surface area contributed by atoms with E-state index >= 15 is 0 Å². The van der Waals surface area contributed by atoms with Crippen molar-refractivity contribution in [2.45, 2.75) is 189 Å². The molecule has 8 atom stereocenters. The molecule has 14 amide bonds. The van der Waals surface area contributed by atoms with Crippen LogP contribution in [-0.4, -0.2) is 277 Å². The lowest BCUT2D eigenvalue weighted by Gasteiger charge is -2.23. The number of rotatable bonds is 66. The van der Waals surface area contributed by atoms with Gasteiger partial charge < -0.3 is 125 Å². The quantitative estimate of drug-likeness (QED) is 0.00643. The molecule has 4 saturated heterocycles. The van der Waals surface area contributed by atoms with Gasteiger partial charge in [0.05, 0.1) is 122 Å². The van der Waals surface area contributed by atoms with Gasteiger partial charge in [0.25, 0.3) is 41.1 Å². The summed E-state index contributed by atoms with van der Waals surface area (Å²) in [6.07, 6.45) is 2.46. The molecular formula is C96H124N14O33S. The minimum absolute atomic E-state index is 0.0339. The second-order valence-corrected chi connectivity index (χ2v) is 34.7. The standard InChI is InChI=1S/C96H124N14O33S/c1-58(67-51-74(135-6)75(52-71(67)110(129)130)138-45-12-17-78(112)102-69(94(126)100-53-87(121)122)30-31-77(111)98-43-14-46-139-90(125)56-137-48-47-136-44-13-41-97-40-10-7-8-16-76-93-70(57-144-76)104-96(128)107-93)101-95(127)68(103-82(116)55-141-62-24-20-60(21-25-62)92(66-29-27-64(132-3)50-73(66)134-5)106-80(114)33-39-89(124)143-109-85(119)36-37-86(109)120)15-9-11-42-99-81(115)54-140-61-22-18-59(19-23-61)91(65-28-26-63(131-2)49-72(65)133-4)105-79(113)32-38-88(123)142-108-83(117)34-35-84(108)118/h18-29,49-52,58,68-70,76,91-93,97H,7-17,30-48,53-57H2,1-6H3,(H,98,111)(H,99,115)(H,100,126)(H,101,127)(H,102,112)(H,103,116)(H,105,113)(H,106,114)(H,121,122)(H2,104,107,128). The van der Waals surface area contributed by atoms with Gasteiger partial charge in [0, 0.05) is 105 Å². The number of thioether (sulfide) groups is 1. The van der Waals surface area contributed by atoms with Gasteiger partial charge in [0.1, 0.15) is 59.7 Å². The molecule has 4 aliphatic rings. The van der Waals surface area contributed by atoms with E-state index in [1.165, 1.54) is 60.7 Å². The summed E-state index contributed by atoms with van der Waals surface area (Å²) in [5.74, 6) is -9.71. The first-order valence-corrected chi connectivity index (χ1v) is 48.1. The number of nitro groups is 1. The lowest BCUT2D eigenvalue weighted by Crippen LogP contribution is -2.48. The highest BCUT2D eigenvalue weighted by molar-refractivity contribution is 8.00. The number of amides is 14. The Morgan fingerprint density at radius 3 is 1.54 bits per heavy atom. The van der Waals surface area contributed by atoms with E-state index < -0.39 is 181 Å². The number of fused-ring (bicyclic) bond motifs is 1. The molecule has 782 valence electrons. The number of carboxylic acids is 1. The zero-order chi connectivity index (χ0) is 104. The molecule has 4 aliphatic heterocycles. The number of carbonyl (C=O) groups excluding carboxylic acids is 16. The maximum atomic E-state index is 14.6. The average molecular weight is 2030 g/mol. The average Bonchev–Trinajstić information content (AvgIpc) is 1.65. The monoisotopic (exact) mass is 2030 g/mol. The van der Waals surface area contributed by atoms with Crippen LogP contribution in [0.25, 0.3) is 0 Å². The molecule has 5 aromatic rings. The summed E-state index contributed by atoms with van der Waals surface area (Å²) >= 11 is 1.92. The van der Waals surface area contributed by atoms with Crippen molar-refractivity contribution in [3.05, 3.63) is 135 Å². The zero-order valence-electron chi connectivity index (χ0n) is 80.9. The van der Waals surface area contributed by atoms with Crippen LogP contribution < -0.4 is 96.4 Å². The second-order valence-electron chi connectivity index (χ2n) is 33.4. The molecule has 0 radical (unpaired) electrons. The van der Waals surface area contributed by atoms with E-state index in [0.29, 0.717) is 67.2 Å². The van der Waals surface area contributed by atoms with Crippen LogP contribution >= 0.6 is 11.8 Å². The molecule has 4 fully saturated rings. The van der Waals surface area contributed by atoms with E-state index in [4.69, 9.17) is 61.8 Å². The highest BCUT2D eigenvalue weighted by atomic mass is 32.2. The maximum absolute atomic E-state index is 14.6. The molecule has 0 saturated carbocycles. The van der Waals surface area contributed by atoms with E-state index in [1.54, 1.807) is 72.8 Å². The number of benzene rings is 5. The Hall–Kier alpha value is -14.7. The van der Waals surface area contributed by atoms with Crippen molar-refractivity contribution in [1.82, 2.24) is 68.6 Å². The third-order valence-corrected chi connectivity index (χ3v) is 24.5. The first kappa shape index (κ1) is 113. The third-order valence-electron chi connectivity index (χ3n) is 23.0. The lowest BCUT2D eigenvalue weighted by atomic mass is 9.97. The van der Waals surface area contributed by atoms with Gasteiger partial charge >= 0.3 is 29.9 Å². The van der Waals surface area contributed by atoms with Crippen molar-refractivity contribution in [3.8, 4) is 46.0 Å². The smallest absolute Gasteiger partial charge is 0.333 e. The molecule has 47 nitrogen and oxygen atoms in total. The summed E-state index contributed by atoms with van der Waals surface area (Å²) < 4.78 is 61.5. The number of imide groups is 2. The third kappa shape index (κ3) is 37.0. The van der Waals surface area contributed by atoms with Crippen molar-refractivity contribution >= 4 is 118 Å². The summed E-state index contributed by atoms with van der Waals surface area (Å²) in [5, 5.41) is 54.1. The number of ether oxygens (including phenoxy) is 11. The van der Waals surface area contributed by atoms with Gasteiger partial charge in [-0.15, -0.1) is 10.1 Å². The first-order chi connectivity index (χ1) is 69.3. The van der Waals surface area contributed by atoms with Crippen LogP contribution in [0.1, 0.15) is 188 Å². The van der Waals surface area contributed by atoms with Gasteiger partial charge in [-0.25, -0.2) is 19.2 Å². The van der Waals surface area contributed by atoms with Crippen molar-refractivity contribution in [1.29, 1.82) is 0 Å². The van der Waals surface area contributed by atoms with E-state index in [0.717, 1.165) is 57.0 Å². The number of esters is 1. The fourth-order valence-corrected chi connectivity index (χ4v) is 17.0. The topological polar surface area (TPSA) is 612 Å². The summed E-state index contributed by atoms with van der Waals surface area (Å²) in [4.78, 5) is 239. The number of carboxylic acid groups (broad SMARTS) is 1. The molecule has 0 aliphatic carbocycles. The van der Waals surface area contributed by atoms with Crippen LogP contribution in [0.3, 0.4) is 0 Å². The van der Waals surface area contributed by atoms with E-state index in [9.17, 15) is 96.7 Å². The van der Waals surface area contributed by atoms with Gasteiger partial charge in [-0.2, -0.15) is 11.8 Å². The number of hydrogen-bond acceptors (Lipinski definition) is 34. The van der Waals surface area contributed by atoms with Gasteiger partial charge in [-0.1, -0.05) is 37.1 Å². The molecule has 0 aromatic heterocycles. The number of nitrogens with one attached hydrogen (secondary N) is 11. The van der Waals surface area contributed by atoms with Crippen molar-refractivity contribution in [3.63, 3.8) is 0 Å². The molecule has 5 aromatic carbocycles. The number of carbonyl (C=O) groups is 17. The number of unbranched alkanes of at least 4 members (excludes halogenated alkanes) is 3. The summed E-state index contributed by atoms with van der Waals surface area (Å²) in [6, 6.07) is 19.1. The Balaban J connectivity index is 0.760. The minimum Gasteiger partial charge on any atom is -0.497 e. The SMILES string of the molecule is COc1ccc(C(NC(=O)CCC(=O)ON2C(=O)CCC2=O)c2ccc(OCC(=O)NCCCCC(NC(=O)COc3ccc(C(NC(=O)CCC(=O)ON4C(=O)CCC4=O)c4ccc(OC)cc4OC)cc3)C(=O)NC(C)c3cc(OC)c(OCCCC(=O)NC(CCC(=O)NCCCOC(=O)COCCOCCCNCCCCCC4SCC5NC(=O)NC54)C(=O)NCC(=O)O)cc3[N+](=O)[O-])cc2)c(OC)c1. The highest BCUT2D eigenvalue weighted by Gasteiger charge is 2.43. The maximum Gasteiger partial charge on any atom is 0.333 e. The fraction of sp³-hybridized carbons (Fsp3) is 0.510. The van der Waals surface area contributed by atoms with Crippen molar-refractivity contribution in [2.24, 2.45) is 0 Å². The van der Waals surface area contributed by atoms with Crippen LogP contribution in [0.2, 0.25) is 0 Å². The van der Waals surface area contributed by atoms with E-state index in [2.05, 4.69) is 58.5 Å². The van der Waals surface area contributed by atoms with Crippen molar-refractivity contribution < 1.29 is 153 Å². The largest absolute Gasteiger partial charge is 0.497 e. The first-order valence-electron chi connectivity index (χ1n) is 47.1. The summed E-state index contributed by atoms with van der Waals surface area (Å²) in [6.45, 7) is 1.64. The molecule has 4 heterocycles. The number of aliphatic carboxylic acids is 1. The second kappa shape index (κ2) is 59.3. The normalized spacial score (nSPS) is 15.6. The van der Waals surface area contributed by atoms with Crippen LogP contribution in [0.15, 0.2) is 97.1 Å². The van der Waals surface area contributed by atoms with Gasteiger partial charge in [0.2, 0.25) is 35.4 Å². The molecule has 0 spiro atoms. The Labute approximate surface area is 833 Å². The van der Waals surface area contributed by atoms with Crippen LogP contribution in [-0.2, 0) is 101 Å². The predicted octanol–water partition coefficient (Wildman–Crippen LogP) is 4.34. The Morgan fingerprint density at radius 1 is 0.451 bits per heavy atom. The predicted molar refractivity (Wildman–Crippen MR) is 509 cm³/mol. The van der Waals surface area contributed by atoms with Crippen LogP contribution in [0, 0.1) is 10.1 Å². The number of hydroxylamine groups is 4. The lowest BCUT2D eigenvalue weighted by molar-refractivity contribution is -0.385. The number of nitro benzene ring substituents is 1. The molecule has 12 N–H and O–H groups in total. The number of nitrogens with zero attached hydrogens (tertiary/aromatic N) is 3. The van der Waals surface area contributed by atoms with Crippen molar-refractivity contribution in [2.75, 3.05) is 127 Å². The van der Waals surface area contributed by atoms with Crippen LogP contribution in [0.5, 0.6) is 46.0 Å². The zero-order valence-corrected chi connectivity index (χ0v) is 81.7. The molecule has 8 unspecified atom stereocenters. The van der Waals surface area contributed by atoms with Gasteiger partial charge in [-0.05, 0) is 144 Å². The summed E-state index contributed by atoms with van der Waals surface area (Å²) in [7, 11) is 6.98. The molecule has 9 rings (SSSR count).